The van der Waals surface area contributed by atoms with Gasteiger partial charge in [0.05, 0.1) is 5.02 Å². The van der Waals surface area contributed by atoms with E-state index in [0.717, 1.165) is 36.6 Å². The summed E-state index contributed by atoms with van der Waals surface area (Å²) < 4.78 is 28.1. The van der Waals surface area contributed by atoms with Gasteiger partial charge in [-0.25, -0.2) is 8.42 Å². The summed E-state index contributed by atoms with van der Waals surface area (Å²) in [7, 11) is -3.50. The van der Waals surface area contributed by atoms with Crippen molar-refractivity contribution in [1.82, 2.24) is 4.31 Å². The van der Waals surface area contributed by atoms with Crippen LogP contribution >= 0.6 is 27.5 Å². The molecule has 112 valence electrons. The quantitative estimate of drug-likeness (QED) is 0.774. The summed E-state index contributed by atoms with van der Waals surface area (Å²) in [5.41, 5.74) is 0. The number of halogens is 2. The second-order valence-corrected chi connectivity index (χ2v) is 8.31. The van der Waals surface area contributed by atoms with Gasteiger partial charge in [-0.1, -0.05) is 47.3 Å². The zero-order chi connectivity index (χ0) is 14.8. The van der Waals surface area contributed by atoms with Crippen molar-refractivity contribution in [2.24, 2.45) is 0 Å². The molecule has 0 aromatic heterocycles. The highest BCUT2D eigenvalue weighted by Gasteiger charge is 2.34. The first-order valence-corrected chi connectivity index (χ1v) is 9.55. The van der Waals surface area contributed by atoms with Crippen molar-refractivity contribution in [3.8, 4) is 0 Å². The van der Waals surface area contributed by atoms with Crippen LogP contribution in [-0.2, 0) is 10.0 Å². The summed E-state index contributed by atoms with van der Waals surface area (Å²) in [6.07, 6.45) is 4.87. The summed E-state index contributed by atoms with van der Waals surface area (Å²) in [6, 6.07) is 5.04. The molecule has 6 heteroatoms. The van der Waals surface area contributed by atoms with E-state index in [1.54, 1.807) is 22.5 Å². The molecule has 1 unspecified atom stereocenters. The van der Waals surface area contributed by atoms with E-state index in [9.17, 15) is 8.42 Å². The molecule has 1 aliphatic rings. The van der Waals surface area contributed by atoms with E-state index >= 15 is 0 Å². The third-order valence-corrected chi connectivity index (χ3v) is 6.60. The molecular weight excluding hydrogens is 362 g/mol. The molecule has 0 N–H and O–H groups in total. The zero-order valence-corrected chi connectivity index (χ0v) is 14.6. The fourth-order valence-corrected chi connectivity index (χ4v) is 5.46. The molecule has 1 saturated heterocycles. The average molecular weight is 381 g/mol. The fourth-order valence-electron chi connectivity index (χ4n) is 2.72. The fraction of sp³-hybridized carbons (Fsp3) is 0.571. The number of nitrogens with zero attached hydrogens (tertiary/aromatic N) is 1. The van der Waals surface area contributed by atoms with Crippen molar-refractivity contribution in [3.63, 3.8) is 0 Å². The molecule has 0 amide bonds. The third kappa shape index (κ3) is 3.38. The van der Waals surface area contributed by atoms with Gasteiger partial charge in [-0.3, -0.25) is 0 Å². The van der Waals surface area contributed by atoms with Crippen LogP contribution in [0.4, 0.5) is 0 Å². The summed E-state index contributed by atoms with van der Waals surface area (Å²) in [5.74, 6) is 0. The van der Waals surface area contributed by atoms with Crippen LogP contribution < -0.4 is 0 Å². The molecule has 0 radical (unpaired) electrons. The normalized spacial score (nSPS) is 21.1. The van der Waals surface area contributed by atoms with Gasteiger partial charge in [0.25, 0.3) is 0 Å². The number of hydrogen-bond donors (Lipinski definition) is 0. The van der Waals surface area contributed by atoms with Crippen LogP contribution in [0.5, 0.6) is 0 Å². The minimum Gasteiger partial charge on any atom is -0.207 e. The molecular formula is C14H19BrClNO2S. The lowest BCUT2D eigenvalue weighted by atomic mass is 10.0. The number of benzene rings is 1. The van der Waals surface area contributed by atoms with Gasteiger partial charge >= 0.3 is 0 Å². The Morgan fingerprint density at radius 2 is 2.15 bits per heavy atom. The number of rotatable bonds is 4. The van der Waals surface area contributed by atoms with Crippen molar-refractivity contribution >= 4 is 37.6 Å². The highest BCUT2D eigenvalue weighted by molar-refractivity contribution is 9.10. The van der Waals surface area contributed by atoms with Crippen LogP contribution in [0.3, 0.4) is 0 Å². The smallest absolute Gasteiger partial charge is 0.207 e. The molecule has 3 nitrogen and oxygen atoms in total. The standard InChI is InChI=1S/C14H19BrClNO2S/c1-2-5-12-6-3-4-9-17(12)20(18,19)14-8-7-11(15)10-13(14)16/h7-8,10,12H,2-6,9H2,1H3. The van der Waals surface area contributed by atoms with Crippen molar-refractivity contribution in [2.75, 3.05) is 6.54 Å². The van der Waals surface area contributed by atoms with Crippen molar-refractivity contribution in [1.29, 1.82) is 0 Å². The Balaban J connectivity index is 2.37. The van der Waals surface area contributed by atoms with Crippen molar-refractivity contribution < 1.29 is 8.42 Å². The SMILES string of the molecule is CCCC1CCCCN1S(=O)(=O)c1ccc(Br)cc1Cl. The van der Waals surface area contributed by atoms with Crippen LogP contribution in [0.2, 0.25) is 5.02 Å². The van der Waals surface area contributed by atoms with E-state index in [4.69, 9.17) is 11.6 Å². The van der Waals surface area contributed by atoms with Gasteiger partial charge in [-0.05, 0) is 37.5 Å². The van der Waals surface area contributed by atoms with Crippen LogP contribution in [-0.4, -0.2) is 25.3 Å². The van der Waals surface area contributed by atoms with Gasteiger partial charge in [0.2, 0.25) is 10.0 Å². The van der Waals surface area contributed by atoms with E-state index in [1.165, 1.54) is 0 Å². The Labute approximate surface area is 134 Å². The van der Waals surface area contributed by atoms with E-state index in [-0.39, 0.29) is 16.0 Å². The topological polar surface area (TPSA) is 37.4 Å². The highest BCUT2D eigenvalue weighted by atomic mass is 79.9. The molecule has 0 saturated carbocycles. The first kappa shape index (κ1) is 16.3. The predicted octanol–water partition coefficient (Wildman–Crippen LogP) is 4.45. The predicted molar refractivity (Wildman–Crippen MR) is 85.6 cm³/mol. The summed E-state index contributed by atoms with van der Waals surface area (Å²) in [6.45, 7) is 2.69. The first-order valence-electron chi connectivity index (χ1n) is 6.93. The monoisotopic (exact) mass is 379 g/mol. The Bertz CT molecular complexity index is 575. The maximum Gasteiger partial charge on any atom is 0.244 e. The Kier molecular flexibility index (Phi) is 5.51. The van der Waals surface area contributed by atoms with Gasteiger partial charge < -0.3 is 0 Å². The first-order chi connectivity index (χ1) is 9.46. The molecule has 1 aromatic rings. The van der Waals surface area contributed by atoms with Gasteiger partial charge in [-0.2, -0.15) is 4.31 Å². The van der Waals surface area contributed by atoms with Gasteiger partial charge in [-0.15, -0.1) is 0 Å². The molecule has 20 heavy (non-hydrogen) atoms. The Morgan fingerprint density at radius 1 is 1.40 bits per heavy atom. The lowest BCUT2D eigenvalue weighted by molar-refractivity contribution is 0.239. The Morgan fingerprint density at radius 3 is 2.80 bits per heavy atom. The second kappa shape index (κ2) is 6.77. The number of hydrogen-bond acceptors (Lipinski definition) is 2. The van der Waals surface area contributed by atoms with Crippen molar-refractivity contribution in [2.45, 2.75) is 50.0 Å². The molecule has 1 fully saturated rings. The van der Waals surface area contributed by atoms with E-state index in [1.807, 2.05) is 0 Å². The van der Waals surface area contributed by atoms with E-state index < -0.39 is 10.0 Å². The summed E-state index contributed by atoms with van der Waals surface area (Å²) in [5, 5.41) is 0.278. The van der Waals surface area contributed by atoms with Crippen LogP contribution in [0, 0.1) is 0 Å². The van der Waals surface area contributed by atoms with E-state index in [0.29, 0.717) is 6.54 Å². The molecule has 1 aliphatic heterocycles. The zero-order valence-electron chi connectivity index (χ0n) is 11.5. The molecule has 0 bridgehead atoms. The lowest BCUT2D eigenvalue weighted by Gasteiger charge is -2.34. The molecule has 1 aromatic carbocycles. The van der Waals surface area contributed by atoms with Crippen LogP contribution in [0.15, 0.2) is 27.6 Å². The molecule has 1 heterocycles. The third-order valence-electron chi connectivity index (χ3n) is 3.68. The largest absolute Gasteiger partial charge is 0.244 e. The maximum atomic E-state index is 12.8. The minimum atomic E-state index is -3.50. The maximum absolute atomic E-state index is 12.8. The molecule has 0 aliphatic carbocycles. The van der Waals surface area contributed by atoms with Crippen molar-refractivity contribution in [3.05, 3.63) is 27.7 Å². The van der Waals surface area contributed by atoms with Gasteiger partial charge in [0.15, 0.2) is 0 Å². The highest BCUT2D eigenvalue weighted by Crippen LogP contribution is 2.32. The molecule has 1 atom stereocenters. The molecule has 2 rings (SSSR count). The summed E-state index contributed by atoms with van der Waals surface area (Å²) in [4.78, 5) is 0.213. The lowest BCUT2D eigenvalue weighted by Crippen LogP contribution is -2.43. The van der Waals surface area contributed by atoms with Crippen LogP contribution in [0.1, 0.15) is 39.0 Å². The molecule has 0 spiro atoms. The average Bonchev–Trinajstić information content (AvgIpc) is 2.39. The second-order valence-electron chi connectivity index (χ2n) is 5.13. The minimum absolute atomic E-state index is 0.110. The van der Waals surface area contributed by atoms with E-state index in [2.05, 4.69) is 22.9 Å². The Hall–Kier alpha value is -0.100. The number of sulfonamides is 1. The number of piperidine rings is 1. The van der Waals surface area contributed by atoms with Crippen LogP contribution in [0.25, 0.3) is 0 Å². The van der Waals surface area contributed by atoms with Gasteiger partial charge in [0, 0.05) is 17.1 Å². The van der Waals surface area contributed by atoms with Gasteiger partial charge in [0.1, 0.15) is 4.90 Å². The summed E-state index contributed by atoms with van der Waals surface area (Å²) >= 11 is 9.43.